The van der Waals surface area contributed by atoms with Crippen LogP contribution >= 0.6 is 11.8 Å². The Morgan fingerprint density at radius 3 is 2.86 bits per heavy atom. The van der Waals surface area contributed by atoms with E-state index in [0.29, 0.717) is 17.6 Å². The zero-order chi connectivity index (χ0) is 20.1. The second-order valence-electron chi connectivity index (χ2n) is 6.35. The highest BCUT2D eigenvalue weighted by molar-refractivity contribution is 7.99. The van der Waals surface area contributed by atoms with Gasteiger partial charge in [0.25, 0.3) is 0 Å². The molecule has 2 aromatic heterocycles. The molecule has 3 heterocycles. The third-order valence-corrected chi connectivity index (χ3v) is 5.22. The van der Waals surface area contributed by atoms with Gasteiger partial charge in [-0.2, -0.15) is 0 Å². The molecular weight excluding hydrogens is 390 g/mol. The molecule has 9 heteroatoms. The van der Waals surface area contributed by atoms with Crippen LogP contribution in [0.15, 0.2) is 53.9 Å². The number of rotatable bonds is 7. The van der Waals surface area contributed by atoms with Gasteiger partial charge in [0.05, 0.1) is 25.1 Å². The number of hydrogen-bond acceptors (Lipinski definition) is 8. The molecule has 4 rings (SSSR count). The molecule has 1 atom stereocenters. The molecule has 0 aliphatic carbocycles. The van der Waals surface area contributed by atoms with Crippen molar-refractivity contribution < 1.29 is 14.3 Å². The zero-order valence-corrected chi connectivity index (χ0v) is 16.6. The van der Waals surface area contributed by atoms with Gasteiger partial charge in [-0.15, -0.1) is 10.2 Å². The van der Waals surface area contributed by atoms with Gasteiger partial charge in [-0.05, 0) is 35.9 Å². The number of nitrogens with zero attached hydrogens (tertiary/aromatic N) is 4. The highest BCUT2D eigenvalue weighted by atomic mass is 32.2. The highest BCUT2D eigenvalue weighted by Gasteiger charge is 2.24. The molecule has 3 aromatic rings. The fourth-order valence-electron chi connectivity index (χ4n) is 2.95. The molecule has 8 nitrogen and oxygen atoms in total. The van der Waals surface area contributed by atoms with Gasteiger partial charge in [-0.1, -0.05) is 11.8 Å². The number of nitrogens with one attached hydrogen (secondary N) is 1. The summed E-state index contributed by atoms with van der Waals surface area (Å²) in [7, 11) is 1.56. The Labute approximate surface area is 172 Å². The maximum Gasteiger partial charge on any atom is 0.233 e. The Morgan fingerprint density at radius 2 is 2.10 bits per heavy atom. The lowest BCUT2D eigenvalue weighted by atomic mass is 10.0. The number of carbonyl (C=O) groups excluding carboxylic acids is 1. The van der Waals surface area contributed by atoms with E-state index in [1.807, 2.05) is 18.2 Å². The summed E-state index contributed by atoms with van der Waals surface area (Å²) in [5, 5.41) is 11.7. The van der Waals surface area contributed by atoms with E-state index in [4.69, 9.17) is 9.47 Å². The molecule has 0 unspecified atom stereocenters. The molecule has 1 N–H and O–H groups in total. The number of aromatic nitrogens is 4. The van der Waals surface area contributed by atoms with Crippen molar-refractivity contribution in [3.05, 3.63) is 54.4 Å². The third-order valence-electron chi connectivity index (χ3n) is 4.35. The molecule has 0 saturated heterocycles. The summed E-state index contributed by atoms with van der Waals surface area (Å²) in [5.74, 6) is 1.51. The van der Waals surface area contributed by atoms with Crippen molar-refractivity contribution in [2.24, 2.45) is 0 Å². The Hall–Kier alpha value is -3.20. The lowest BCUT2D eigenvalue weighted by Crippen LogP contribution is -2.35. The third kappa shape index (κ3) is 4.80. The number of benzene rings is 1. The second kappa shape index (κ2) is 8.87. The quantitative estimate of drug-likeness (QED) is 0.468. The molecule has 1 amide bonds. The van der Waals surface area contributed by atoms with Crippen LogP contribution in [0, 0.1) is 0 Å². The molecular formula is C20H19N5O3S. The van der Waals surface area contributed by atoms with Crippen LogP contribution in [0.5, 0.6) is 11.6 Å². The monoisotopic (exact) mass is 409 g/mol. The normalized spacial score (nSPS) is 14.7. The number of hydrogen-bond donors (Lipinski definition) is 1. The summed E-state index contributed by atoms with van der Waals surface area (Å²) in [6.07, 6.45) is 3.94. The lowest BCUT2D eigenvalue weighted by Gasteiger charge is -2.11. The molecule has 1 aromatic carbocycles. The summed E-state index contributed by atoms with van der Waals surface area (Å²) in [6, 6.07) is 11.3. The van der Waals surface area contributed by atoms with Gasteiger partial charge in [-0.3, -0.25) is 4.79 Å². The molecule has 148 valence electrons. The number of fused-ring (bicyclic) bond motifs is 1. The first-order chi connectivity index (χ1) is 14.2. The molecule has 0 radical (unpaired) electrons. The van der Waals surface area contributed by atoms with Crippen molar-refractivity contribution >= 4 is 17.7 Å². The Morgan fingerprint density at radius 1 is 1.24 bits per heavy atom. The molecule has 0 spiro atoms. The topological polar surface area (TPSA) is 99.1 Å². The van der Waals surface area contributed by atoms with E-state index >= 15 is 0 Å². The average Bonchev–Trinajstić information content (AvgIpc) is 3.19. The van der Waals surface area contributed by atoms with Crippen molar-refractivity contribution in [2.75, 3.05) is 19.4 Å². The van der Waals surface area contributed by atoms with E-state index in [1.165, 1.54) is 11.8 Å². The van der Waals surface area contributed by atoms with Crippen LogP contribution in [0.2, 0.25) is 0 Å². The van der Waals surface area contributed by atoms with Gasteiger partial charge in [0.15, 0.2) is 5.16 Å². The maximum absolute atomic E-state index is 12.1. The van der Waals surface area contributed by atoms with Crippen LogP contribution in [-0.4, -0.2) is 51.6 Å². The number of amides is 1. The fourth-order valence-corrected chi connectivity index (χ4v) is 3.58. The SMILES string of the molecule is COc1ccc(-c2ccc3c(c2)C[C@H](CNC(=O)CSc2ncccn2)O3)nn1. The molecule has 29 heavy (non-hydrogen) atoms. The number of thioether (sulfide) groups is 1. The van der Waals surface area contributed by atoms with Crippen molar-refractivity contribution in [3.63, 3.8) is 0 Å². The number of ether oxygens (including phenoxy) is 2. The Kier molecular flexibility index (Phi) is 5.85. The Balaban J connectivity index is 1.30. The van der Waals surface area contributed by atoms with Gasteiger partial charge in [0, 0.05) is 30.4 Å². The lowest BCUT2D eigenvalue weighted by molar-refractivity contribution is -0.118. The second-order valence-corrected chi connectivity index (χ2v) is 7.29. The van der Waals surface area contributed by atoms with Crippen LogP contribution in [0.25, 0.3) is 11.3 Å². The van der Waals surface area contributed by atoms with Gasteiger partial charge < -0.3 is 14.8 Å². The van der Waals surface area contributed by atoms with E-state index < -0.39 is 0 Å². The van der Waals surface area contributed by atoms with Crippen molar-refractivity contribution in [2.45, 2.75) is 17.7 Å². The van der Waals surface area contributed by atoms with E-state index in [1.54, 1.807) is 31.6 Å². The number of carbonyl (C=O) groups is 1. The molecule has 0 saturated carbocycles. The number of methoxy groups -OCH3 is 1. The van der Waals surface area contributed by atoms with E-state index in [2.05, 4.69) is 31.5 Å². The Bertz CT molecular complexity index is 985. The van der Waals surface area contributed by atoms with Gasteiger partial charge in [0.2, 0.25) is 11.8 Å². The molecule has 1 aliphatic heterocycles. The molecule has 1 aliphatic rings. The van der Waals surface area contributed by atoms with E-state index in [-0.39, 0.29) is 17.8 Å². The smallest absolute Gasteiger partial charge is 0.233 e. The minimum atomic E-state index is -0.0934. The zero-order valence-electron chi connectivity index (χ0n) is 15.7. The van der Waals surface area contributed by atoms with Crippen LogP contribution in [0.3, 0.4) is 0 Å². The summed E-state index contributed by atoms with van der Waals surface area (Å²) in [5.41, 5.74) is 2.82. The maximum atomic E-state index is 12.1. The predicted octanol–water partition coefficient (Wildman–Crippen LogP) is 2.15. The minimum absolute atomic E-state index is 0.0730. The van der Waals surface area contributed by atoms with Crippen LogP contribution in [-0.2, 0) is 11.2 Å². The van der Waals surface area contributed by atoms with Crippen LogP contribution in [0.4, 0.5) is 0 Å². The first kappa shape index (κ1) is 19.1. The van der Waals surface area contributed by atoms with Crippen molar-refractivity contribution in [1.82, 2.24) is 25.5 Å². The van der Waals surface area contributed by atoms with E-state index in [9.17, 15) is 4.79 Å². The summed E-state index contributed by atoms with van der Waals surface area (Å²) >= 11 is 1.30. The minimum Gasteiger partial charge on any atom is -0.488 e. The van der Waals surface area contributed by atoms with Crippen LogP contribution in [0.1, 0.15) is 5.56 Å². The standard InChI is InChI=1S/C20H19N5O3S/c1-27-19-6-4-16(24-25-19)13-3-5-17-14(9-13)10-15(28-17)11-23-18(26)12-29-20-21-7-2-8-22-20/h2-9,15H,10-12H2,1H3,(H,23,26)/t15-/m1/s1. The van der Waals surface area contributed by atoms with Crippen LogP contribution < -0.4 is 14.8 Å². The van der Waals surface area contributed by atoms with E-state index in [0.717, 1.165) is 29.0 Å². The van der Waals surface area contributed by atoms with Gasteiger partial charge in [0.1, 0.15) is 11.9 Å². The average molecular weight is 409 g/mol. The van der Waals surface area contributed by atoms with Gasteiger partial charge >= 0.3 is 0 Å². The summed E-state index contributed by atoms with van der Waals surface area (Å²) < 4.78 is 11.0. The summed E-state index contributed by atoms with van der Waals surface area (Å²) in [6.45, 7) is 0.446. The highest BCUT2D eigenvalue weighted by Crippen LogP contribution is 2.32. The molecule has 0 fully saturated rings. The predicted molar refractivity (Wildman–Crippen MR) is 108 cm³/mol. The van der Waals surface area contributed by atoms with Gasteiger partial charge in [-0.25, -0.2) is 9.97 Å². The van der Waals surface area contributed by atoms with Crippen molar-refractivity contribution in [1.29, 1.82) is 0 Å². The largest absolute Gasteiger partial charge is 0.488 e. The first-order valence-corrected chi connectivity index (χ1v) is 10.0. The fraction of sp³-hybridized carbons (Fsp3) is 0.250. The van der Waals surface area contributed by atoms with Crippen molar-refractivity contribution in [3.8, 4) is 22.9 Å². The first-order valence-electron chi connectivity index (χ1n) is 9.05. The summed E-state index contributed by atoms with van der Waals surface area (Å²) in [4.78, 5) is 20.2. The molecule has 0 bridgehead atoms.